The lowest BCUT2D eigenvalue weighted by Gasteiger charge is -2.36. The number of carbonyl (C=O) groups is 1. The van der Waals surface area contributed by atoms with E-state index in [0.717, 1.165) is 33.9 Å². The van der Waals surface area contributed by atoms with Crippen LogP contribution in [0.5, 0.6) is 0 Å². The summed E-state index contributed by atoms with van der Waals surface area (Å²) in [5.74, 6) is 0.594. The van der Waals surface area contributed by atoms with Crippen LogP contribution in [0.3, 0.4) is 0 Å². The van der Waals surface area contributed by atoms with E-state index in [9.17, 15) is 9.90 Å². The van der Waals surface area contributed by atoms with Crippen LogP contribution in [-0.4, -0.2) is 34.4 Å². The zero-order valence-corrected chi connectivity index (χ0v) is 15.7. The van der Waals surface area contributed by atoms with Gasteiger partial charge in [0.05, 0.1) is 31.0 Å². The summed E-state index contributed by atoms with van der Waals surface area (Å²) in [4.78, 5) is 12.5. The van der Waals surface area contributed by atoms with E-state index in [4.69, 9.17) is 4.74 Å². The van der Waals surface area contributed by atoms with Crippen molar-refractivity contribution in [1.82, 2.24) is 4.57 Å². The summed E-state index contributed by atoms with van der Waals surface area (Å²) in [6.07, 6.45) is 7.32. The SMILES string of the molecule is O=C(CC1CCCC1)Nc1cn(CC2(O)COC2)c2cccc(Br)c12. The average molecular weight is 407 g/mol. The van der Waals surface area contributed by atoms with Crippen LogP contribution in [0.15, 0.2) is 28.9 Å². The number of aromatic nitrogens is 1. The number of anilines is 1. The number of hydrogen-bond acceptors (Lipinski definition) is 3. The molecule has 0 radical (unpaired) electrons. The molecule has 2 heterocycles. The Morgan fingerprint density at radius 1 is 1.36 bits per heavy atom. The third kappa shape index (κ3) is 3.48. The van der Waals surface area contributed by atoms with Gasteiger partial charge in [-0.1, -0.05) is 34.8 Å². The van der Waals surface area contributed by atoms with Gasteiger partial charge in [0, 0.05) is 22.5 Å². The number of nitrogens with one attached hydrogen (secondary N) is 1. The summed E-state index contributed by atoms with van der Waals surface area (Å²) in [5.41, 5.74) is 0.972. The summed E-state index contributed by atoms with van der Waals surface area (Å²) in [7, 11) is 0. The van der Waals surface area contributed by atoms with Gasteiger partial charge in [0.1, 0.15) is 5.60 Å². The Labute approximate surface area is 155 Å². The number of halogens is 1. The normalized spacial score (nSPS) is 19.9. The van der Waals surface area contributed by atoms with Gasteiger partial charge in [-0.25, -0.2) is 0 Å². The lowest BCUT2D eigenvalue weighted by Crippen LogP contribution is -2.52. The van der Waals surface area contributed by atoms with Crippen molar-refractivity contribution in [2.24, 2.45) is 5.92 Å². The van der Waals surface area contributed by atoms with E-state index in [-0.39, 0.29) is 5.91 Å². The molecule has 1 aliphatic heterocycles. The van der Waals surface area contributed by atoms with Crippen LogP contribution in [0.2, 0.25) is 0 Å². The molecular formula is C19H23BrN2O3. The lowest BCUT2D eigenvalue weighted by atomic mass is 10.0. The van der Waals surface area contributed by atoms with Crippen molar-refractivity contribution >= 4 is 38.4 Å². The molecule has 0 unspecified atom stereocenters. The highest BCUT2D eigenvalue weighted by molar-refractivity contribution is 9.10. The molecule has 2 aliphatic rings. The van der Waals surface area contributed by atoms with Crippen LogP contribution in [0.25, 0.3) is 10.9 Å². The second-order valence-corrected chi connectivity index (χ2v) is 8.28. The highest BCUT2D eigenvalue weighted by atomic mass is 79.9. The molecule has 1 amide bonds. The minimum absolute atomic E-state index is 0.0763. The molecule has 1 aromatic carbocycles. The number of carbonyl (C=O) groups excluding carboxylic acids is 1. The van der Waals surface area contributed by atoms with E-state index < -0.39 is 5.60 Å². The molecule has 1 saturated carbocycles. The zero-order valence-electron chi connectivity index (χ0n) is 14.1. The quantitative estimate of drug-likeness (QED) is 0.795. The van der Waals surface area contributed by atoms with Gasteiger partial charge in [-0.2, -0.15) is 0 Å². The zero-order chi connectivity index (χ0) is 17.4. The smallest absolute Gasteiger partial charge is 0.224 e. The fraction of sp³-hybridized carbons (Fsp3) is 0.526. The van der Waals surface area contributed by atoms with Gasteiger partial charge < -0.3 is 19.7 Å². The molecule has 2 fully saturated rings. The first kappa shape index (κ1) is 17.1. The Morgan fingerprint density at radius 3 is 2.80 bits per heavy atom. The van der Waals surface area contributed by atoms with Crippen LogP contribution in [0.1, 0.15) is 32.1 Å². The third-order valence-corrected chi connectivity index (χ3v) is 5.95. The number of nitrogens with zero attached hydrogens (tertiary/aromatic N) is 1. The van der Waals surface area contributed by atoms with Crippen LogP contribution in [-0.2, 0) is 16.1 Å². The molecule has 5 nitrogen and oxygen atoms in total. The predicted octanol–water partition coefficient (Wildman–Crippen LogP) is 3.68. The molecule has 2 aromatic rings. The summed E-state index contributed by atoms with van der Waals surface area (Å²) >= 11 is 3.60. The van der Waals surface area contributed by atoms with Crippen molar-refractivity contribution in [3.63, 3.8) is 0 Å². The minimum Gasteiger partial charge on any atom is -0.383 e. The van der Waals surface area contributed by atoms with Gasteiger partial charge in [-0.3, -0.25) is 4.79 Å². The summed E-state index contributed by atoms with van der Waals surface area (Å²) in [5, 5.41) is 14.5. The monoisotopic (exact) mass is 406 g/mol. The number of amides is 1. The van der Waals surface area contributed by atoms with Gasteiger partial charge in [-0.15, -0.1) is 0 Å². The Hall–Kier alpha value is -1.37. The van der Waals surface area contributed by atoms with E-state index in [0.29, 0.717) is 32.1 Å². The highest BCUT2D eigenvalue weighted by Gasteiger charge is 2.37. The van der Waals surface area contributed by atoms with E-state index in [1.807, 2.05) is 29.0 Å². The van der Waals surface area contributed by atoms with E-state index >= 15 is 0 Å². The molecule has 134 valence electrons. The van der Waals surface area contributed by atoms with Crippen molar-refractivity contribution in [2.75, 3.05) is 18.5 Å². The molecule has 0 bridgehead atoms. The second kappa shape index (κ2) is 6.74. The minimum atomic E-state index is -0.820. The van der Waals surface area contributed by atoms with Crippen molar-refractivity contribution < 1.29 is 14.6 Å². The standard InChI is InChI=1S/C19H23BrN2O3/c20-14-6-3-7-16-18(14)15(9-22(16)10-19(24)11-25-12-19)21-17(23)8-13-4-1-2-5-13/h3,6-7,9,13,24H,1-2,4-5,8,10-12H2,(H,21,23). The van der Waals surface area contributed by atoms with Gasteiger partial charge in [0.25, 0.3) is 0 Å². The second-order valence-electron chi connectivity index (χ2n) is 7.42. The fourth-order valence-electron chi connectivity index (χ4n) is 3.96. The molecule has 1 aliphatic carbocycles. The van der Waals surface area contributed by atoms with Crippen LogP contribution >= 0.6 is 15.9 Å². The van der Waals surface area contributed by atoms with Crippen molar-refractivity contribution in [3.8, 4) is 0 Å². The summed E-state index contributed by atoms with van der Waals surface area (Å²) in [6, 6.07) is 5.95. The number of hydrogen-bond donors (Lipinski definition) is 2. The van der Waals surface area contributed by atoms with Crippen LogP contribution < -0.4 is 5.32 Å². The van der Waals surface area contributed by atoms with Gasteiger partial charge in [-0.05, 0) is 30.9 Å². The average Bonchev–Trinajstić information content (AvgIpc) is 3.15. The molecular weight excluding hydrogens is 384 g/mol. The third-order valence-electron chi connectivity index (χ3n) is 5.28. The van der Waals surface area contributed by atoms with Crippen molar-refractivity contribution in [3.05, 3.63) is 28.9 Å². The Kier molecular flexibility index (Phi) is 4.60. The van der Waals surface area contributed by atoms with Crippen molar-refractivity contribution in [2.45, 2.75) is 44.2 Å². The first-order valence-electron chi connectivity index (χ1n) is 8.91. The van der Waals surface area contributed by atoms with Gasteiger partial charge in [0.2, 0.25) is 5.91 Å². The molecule has 0 atom stereocenters. The number of aliphatic hydroxyl groups is 1. The molecule has 4 rings (SSSR count). The molecule has 6 heteroatoms. The molecule has 1 saturated heterocycles. The number of benzene rings is 1. The Balaban J connectivity index is 1.60. The fourth-order valence-corrected chi connectivity index (χ4v) is 4.53. The highest BCUT2D eigenvalue weighted by Crippen LogP contribution is 2.35. The van der Waals surface area contributed by atoms with Crippen LogP contribution in [0.4, 0.5) is 5.69 Å². The van der Waals surface area contributed by atoms with E-state index in [1.54, 1.807) is 0 Å². The molecule has 0 spiro atoms. The summed E-state index contributed by atoms with van der Waals surface area (Å²) < 4.78 is 8.10. The van der Waals surface area contributed by atoms with E-state index in [2.05, 4.69) is 21.2 Å². The van der Waals surface area contributed by atoms with E-state index in [1.165, 1.54) is 12.8 Å². The molecule has 2 N–H and O–H groups in total. The molecule has 25 heavy (non-hydrogen) atoms. The maximum absolute atomic E-state index is 12.5. The lowest BCUT2D eigenvalue weighted by molar-refractivity contribution is -0.184. The predicted molar refractivity (Wildman–Crippen MR) is 101 cm³/mol. The number of fused-ring (bicyclic) bond motifs is 1. The number of ether oxygens (including phenoxy) is 1. The first-order valence-corrected chi connectivity index (χ1v) is 9.71. The Bertz CT molecular complexity index is 791. The van der Waals surface area contributed by atoms with Crippen molar-refractivity contribution in [1.29, 1.82) is 0 Å². The van der Waals surface area contributed by atoms with Gasteiger partial charge in [0.15, 0.2) is 0 Å². The Morgan fingerprint density at radius 2 is 2.12 bits per heavy atom. The van der Waals surface area contributed by atoms with Crippen LogP contribution in [0, 0.1) is 5.92 Å². The van der Waals surface area contributed by atoms with Gasteiger partial charge >= 0.3 is 0 Å². The molecule has 1 aromatic heterocycles. The number of rotatable bonds is 5. The maximum Gasteiger partial charge on any atom is 0.224 e. The maximum atomic E-state index is 12.5. The topological polar surface area (TPSA) is 63.5 Å². The first-order chi connectivity index (χ1) is 12.0. The summed E-state index contributed by atoms with van der Waals surface area (Å²) in [6.45, 7) is 1.16. The largest absolute Gasteiger partial charge is 0.383 e.